The summed E-state index contributed by atoms with van der Waals surface area (Å²) in [5.74, 6) is -0.543. The molecule has 0 aliphatic carbocycles. The number of sulfone groups is 1. The molecule has 21 heavy (non-hydrogen) atoms. The molecule has 0 bridgehead atoms. The van der Waals surface area contributed by atoms with Crippen molar-refractivity contribution in [1.29, 1.82) is 0 Å². The Bertz CT molecular complexity index is 713. The van der Waals surface area contributed by atoms with E-state index < -0.39 is 21.9 Å². The highest BCUT2D eigenvalue weighted by atomic mass is 32.2. The molecule has 2 atom stereocenters. The minimum Gasteiger partial charge on any atom is -0.298 e. The topological polar surface area (TPSA) is 83.6 Å². The van der Waals surface area contributed by atoms with Crippen LogP contribution in [0.5, 0.6) is 0 Å². The van der Waals surface area contributed by atoms with Crippen molar-refractivity contribution < 1.29 is 18.0 Å². The van der Waals surface area contributed by atoms with Crippen LogP contribution in [0.2, 0.25) is 0 Å². The minimum atomic E-state index is -3.30. The van der Waals surface area contributed by atoms with Gasteiger partial charge in [0, 0.05) is 19.5 Å². The molecule has 3 rings (SSSR count). The third-order valence-electron chi connectivity index (χ3n) is 4.07. The summed E-state index contributed by atoms with van der Waals surface area (Å²) in [5, 5.41) is 3.11. The van der Waals surface area contributed by atoms with Crippen LogP contribution in [-0.4, -0.2) is 44.0 Å². The first kappa shape index (κ1) is 14.2. The van der Waals surface area contributed by atoms with Crippen molar-refractivity contribution >= 4 is 21.7 Å². The molecule has 2 aliphatic rings. The number of hydrogen-bond donors (Lipinski definition) is 1. The van der Waals surface area contributed by atoms with Gasteiger partial charge in [0.1, 0.15) is 0 Å². The summed E-state index contributed by atoms with van der Waals surface area (Å²) in [6, 6.07) is 5.91. The van der Waals surface area contributed by atoms with Gasteiger partial charge in [-0.2, -0.15) is 0 Å². The number of carbonyl (C=O) groups excluding carboxylic acids is 2. The highest BCUT2D eigenvalue weighted by Crippen LogP contribution is 2.33. The molecule has 112 valence electrons. The van der Waals surface area contributed by atoms with Crippen LogP contribution in [0.15, 0.2) is 29.2 Å². The van der Waals surface area contributed by atoms with E-state index in [1.165, 1.54) is 7.05 Å². The third-order valence-corrected chi connectivity index (χ3v) is 5.88. The number of carbonyl (C=O) groups is 2. The first-order valence-electron chi connectivity index (χ1n) is 6.78. The van der Waals surface area contributed by atoms with Crippen molar-refractivity contribution in [1.82, 2.24) is 10.2 Å². The van der Waals surface area contributed by atoms with Gasteiger partial charge in [0.05, 0.1) is 16.7 Å². The average molecular weight is 308 g/mol. The lowest BCUT2D eigenvalue weighted by atomic mass is 10.0. The summed E-state index contributed by atoms with van der Waals surface area (Å²) in [7, 11) is -1.85. The average Bonchev–Trinajstić information content (AvgIpc) is 2.72. The zero-order valence-corrected chi connectivity index (χ0v) is 12.4. The molecule has 2 amide bonds. The number of benzene rings is 1. The minimum absolute atomic E-state index is 0.0478. The molecule has 7 heteroatoms. The maximum Gasteiger partial charge on any atom is 0.246 e. The Morgan fingerprint density at radius 1 is 1.19 bits per heavy atom. The van der Waals surface area contributed by atoms with Gasteiger partial charge in [-0.3, -0.25) is 19.8 Å². The molecule has 2 aliphatic heterocycles. The first-order chi connectivity index (χ1) is 9.90. The molecule has 6 nitrogen and oxygen atoms in total. The Labute approximate surface area is 123 Å². The van der Waals surface area contributed by atoms with Crippen molar-refractivity contribution in [2.24, 2.45) is 0 Å². The summed E-state index contributed by atoms with van der Waals surface area (Å²) < 4.78 is 24.2. The number of likely N-dealkylation sites (N-methyl/N-ethyl adjacent to an activating group) is 1. The smallest absolute Gasteiger partial charge is 0.246 e. The fraction of sp³-hybridized carbons (Fsp3) is 0.429. The van der Waals surface area contributed by atoms with Crippen molar-refractivity contribution in [3.05, 3.63) is 29.8 Å². The van der Waals surface area contributed by atoms with Gasteiger partial charge in [-0.25, -0.2) is 8.42 Å². The van der Waals surface area contributed by atoms with E-state index in [2.05, 4.69) is 5.32 Å². The van der Waals surface area contributed by atoms with Gasteiger partial charge in [-0.1, -0.05) is 18.2 Å². The molecule has 0 radical (unpaired) electrons. The van der Waals surface area contributed by atoms with Crippen molar-refractivity contribution in [3.63, 3.8) is 0 Å². The van der Waals surface area contributed by atoms with Crippen LogP contribution in [0.4, 0.5) is 0 Å². The highest BCUT2D eigenvalue weighted by Gasteiger charge is 2.39. The summed E-state index contributed by atoms with van der Waals surface area (Å²) in [5.41, 5.74) is 0.699. The van der Waals surface area contributed by atoms with E-state index in [9.17, 15) is 18.0 Å². The number of hydrogen-bond acceptors (Lipinski definition) is 5. The van der Waals surface area contributed by atoms with Crippen LogP contribution in [0, 0.1) is 0 Å². The van der Waals surface area contributed by atoms with Gasteiger partial charge in [-0.15, -0.1) is 0 Å². The standard InChI is InChI=1S/C14H16N2O4S/c1-16-13(17)7-6-10(14(16)18)15-11-8-21(19,20)12-5-3-2-4-9(11)12/h2-5,10-11,15H,6-8H2,1H3. The summed E-state index contributed by atoms with van der Waals surface area (Å²) in [6.07, 6.45) is 0.696. The fourth-order valence-electron chi connectivity index (χ4n) is 2.90. The van der Waals surface area contributed by atoms with Gasteiger partial charge in [0.15, 0.2) is 9.84 Å². The molecular weight excluding hydrogens is 292 g/mol. The number of likely N-dealkylation sites (tertiary alicyclic amines) is 1. The van der Waals surface area contributed by atoms with E-state index >= 15 is 0 Å². The summed E-state index contributed by atoms with van der Waals surface area (Å²) >= 11 is 0. The highest BCUT2D eigenvalue weighted by molar-refractivity contribution is 7.91. The lowest BCUT2D eigenvalue weighted by molar-refractivity contribution is -0.148. The lowest BCUT2D eigenvalue weighted by Crippen LogP contribution is -2.52. The molecule has 1 N–H and O–H groups in total. The van der Waals surface area contributed by atoms with E-state index in [-0.39, 0.29) is 17.6 Å². The molecule has 2 unspecified atom stereocenters. The number of imide groups is 1. The third kappa shape index (κ3) is 2.36. The molecule has 1 saturated heterocycles. The normalized spacial score (nSPS) is 27.8. The zero-order valence-electron chi connectivity index (χ0n) is 11.6. The molecule has 1 aromatic rings. The van der Waals surface area contributed by atoms with Crippen LogP contribution in [-0.2, 0) is 19.4 Å². The van der Waals surface area contributed by atoms with Crippen molar-refractivity contribution in [2.75, 3.05) is 12.8 Å². The van der Waals surface area contributed by atoms with Gasteiger partial charge < -0.3 is 0 Å². The first-order valence-corrected chi connectivity index (χ1v) is 8.43. The maximum absolute atomic E-state index is 12.1. The number of nitrogens with one attached hydrogen (secondary N) is 1. The monoisotopic (exact) mass is 308 g/mol. The predicted molar refractivity (Wildman–Crippen MR) is 75.2 cm³/mol. The van der Waals surface area contributed by atoms with Crippen LogP contribution in [0.1, 0.15) is 24.4 Å². The number of rotatable bonds is 2. The Kier molecular flexibility index (Phi) is 3.33. The van der Waals surface area contributed by atoms with Gasteiger partial charge in [-0.05, 0) is 18.1 Å². The number of nitrogens with zero attached hydrogens (tertiary/aromatic N) is 1. The van der Waals surface area contributed by atoms with E-state index in [0.29, 0.717) is 23.3 Å². The SMILES string of the molecule is CN1C(=O)CCC(NC2CS(=O)(=O)c3ccccc32)C1=O. The number of fused-ring (bicyclic) bond motifs is 1. The molecular formula is C14H16N2O4S. The number of amides is 2. The largest absolute Gasteiger partial charge is 0.298 e. The molecule has 0 aromatic heterocycles. The Balaban J connectivity index is 1.84. The van der Waals surface area contributed by atoms with E-state index in [0.717, 1.165) is 4.90 Å². The fourth-order valence-corrected chi connectivity index (χ4v) is 4.65. The zero-order chi connectivity index (χ0) is 15.2. The van der Waals surface area contributed by atoms with E-state index in [1.54, 1.807) is 24.3 Å². The van der Waals surface area contributed by atoms with E-state index in [1.807, 2.05) is 0 Å². The maximum atomic E-state index is 12.1. The second-order valence-electron chi connectivity index (χ2n) is 5.42. The van der Waals surface area contributed by atoms with Crippen molar-refractivity contribution in [3.8, 4) is 0 Å². The van der Waals surface area contributed by atoms with Crippen LogP contribution in [0.3, 0.4) is 0 Å². The van der Waals surface area contributed by atoms with Crippen LogP contribution >= 0.6 is 0 Å². The van der Waals surface area contributed by atoms with Crippen LogP contribution in [0.25, 0.3) is 0 Å². The summed E-state index contributed by atoms with van der Waals surface area (Å²) in [6.45, 7) is 0. The molecule has 1 aromatic carbocycles. The Hall–Kier alpha value is -1.73. The second-order valence-corrected chi connectivity index (χ2v) is 7.42. The van der Waals surface area contributed by atoms with E-state index in [4.69, 9.17) is 0 Å². The number of piperidine rings is 1. The summed E-state index contributed by atoms with van der Waals surface area (Å²) in [4.78, 5) is 25.0. The lowest BCUT2D eigenvalue weighted by Gasteiger charge is -2.30. The Morgan fingerprint density at radius 3 is 2.67 bits per heavy atom. The van der Waals surface area contributed by atoms with Crippen molar-refractivity contribution in [2.45, 2.75) is 29.8 Å². The molecule has 2 heterocycles. The molecule has 0 saturated carbocycles. The van der Waals surface area contributed by atoms with Gasteiger partial charge in [0.2, 0.25) is 11.8 Å². The quantitative estimate of drug-likeness (QED) is 0.792. The predicted octanol–water partition coefficient (Wildman–Crippen LogP) is 0.252. The molecule has 0 spiro atoms. The van der Waals surface area contributed by atoms with Gasteiger partial charge in [0.25, 0.3) is 0 Å². The molecule has 1 fully saturated rings. The van der Waals surface area contributed by atoms with Crippen LogP contribution < -0.4 is 5.32 Å². The Morgan fingerprint density at radius 2 is 1.90 bits per heavy atom. The van der Waals surface area contributed by atoms with Gasteiger partial charge >= 0.3 is 0 Å². The second kappa shape index (κ2) is 4.92.